The number of hydrogen-bond acceptors (Lipinski definition) is 3. The van der Waals surface area contributed by atoms with Crippen LogP contribution in [0.1, 0.15) is 17.9 Å². The molecule has 1 unspecified atom stereocenters. The first kappa shape index (κ1) is 17.0. The number of nitrogens with one attached hydrogen (secondary N) is 2. The van der Waals surface area contributed by atoms with Gasteiger partial charge in [-0.05, 0) is 18.1 Å². The predicted molar refractivity (Wildman–Crippen MR) is 92.5 cm³/mol. The zero-order valence-corrected chi connectivity index (χ0v) is 13.5. The second-order valence-corrected chi connectivity index (χ2v) is 5.29. The fourth-order valence-electron chi connectivity index (χ4n) is 2.33. The molecule has 0 fully saturated rings. The van der Waals surface area contributed by atoms with Crippen molar-refractivity contribution in [1.29, 1.82) is 0 Å². The van der Waals surface area contributed by atoms with Crippen LogP contribution in [0, 0.1) is 0 Å². The van der Waals surface area contributed by atoms with Crippen LogP contribution < -0.4 is 10.6 Å². The Balaban J connectivity index is 1.71. The van der Waals surface area contributed by atoms with Crippen molar-refractivity contribution < 1.29 is 5.11 Å². The van der Waals surface area contributed by atoms with E-state index in [1.165, 1.54) is 0 Å². The highest BCUT2D eigenvalue weighted by atomic mass is 16.3. The minimum Gasteiger partial charge on any atom is -0.396 e. The third-order valence-electron chi connectivity index (χ3n) is 3.65. The standard InChI is InChI=1S/C17H25N5O/c1-18-17(19-9-5-11-22-12-6-10-21-22)20-13-16(14-23)15-7-3-2-4-8-15/h2-4,6-8,10,12,16,23H,5,9,11,13-14H2,1H3,(H2,18,19,20). The molecule has 0 bridgehead atoms. The first-order valence-corrected chi connectivity index (χ1v) is 7.91. The fourth-order valence-corrected chi connectivity index (χ4v) is 2.33. The molecule has 3 N–H and O–H groups in total. The van der Waals surface area contributed by atoms with Crippen molar-refractivity contribution in [2.24, 2.45) is 4.99 Å². The summed E-state index contributed by atoms with van der Waals surface area (Å²) in [7, 11) is 1.75. The number of benzene rings is 1. The van der Waals surface area contributed by atoms with Crippen LogP contribution in [0.4, 0.5) is 0 Å². The van der Waals surface area contributed by atoms with Gasteiger partial charge < -0.3 is 15.7 Å². The van der Waals surface area contributed by atoms with Gasteiger partial charge >= 0.3 is 0 Å². The molecular formula is C17H25N5O. The Morgan fingerprint density at radius 1 is 1.26 bits per heavy atom. The first-order chi connectivity index (χ1) is 11.3. The van der Waals surface area contributed by atoms with Crippen molar-refractivity contribution in [2.75, 3.05) is 26.7 Å². The molecule has 1 atom stereocenters. The average molecular weight is 315 g/mol. The summed E-state index contributed by atoms with van der Waals surface area (Å²) >= 11 is 0. The maximum atomic E-state index is 9.57. The molecule has 0 aliphatic carbocycles. The normalized spacial score (nSPS) is 12.9. The van der Waals surface area contributed by atoms with Crippen molar-refractivity contribution in [3.05, 3.63) is 54.4 Å². The van der Waals surface area contributed by atoms with Crippen LogP contribution >= 0.6 is 0 Å². The van der Waals surface area contributed by atoms with E-state index in [9.17, 15) is 5.11 Å². The summed E-state index contributed by atoms with van der Waals surface area (Å²) in [6.07, 6.45) is 4.70. The van der Waals surface area contributed by atoms with Gasteiger partial charge in [-0.3, -0.25) is 9.67 Å². The van der Waals surface area contributed by atoms with Crippen molar-refractivity contribution in [3.8, 4) is 0 Å². The maximum absolute atomic E-state index is 9.57. The number of aliphatic hydroxyl groups is 1. The zero-order valence-electron chi connectivity index (χ0n) is 13.5. The van der Waals surface area contributed by atoms with E-state index in [0.717, 1.165) is 31.0 Å². The maximum Gasteiger partial charge on any atom is 0.191 e. The van der Waals surface area contributed by atoms with Gasteiger partial charge in [-0.15, -0.1) is 0 Å². The smallest absolute Gasteiger partial charge is 0.191 e. The lowest BCUT2D eigenvalue weighted by Gasteiger charge is -2.18. The largest absolute Gasteiger partial charge is 0.396 e. The minimum absolute atomic E-state index is 0.0545. The Labute approximate surface area is 137 Å². The third-order valence-corrected chi connectivity index (χ3v) is 3.65. The molecule has 1 heterocycles. The molecule has 0 spiro atoms. The second-order valence-electron chi connectivity index (χ2n) is 5.29. The zero-order chi connectivity index (χ0) is 16.3. The number of aliphatic imine (C=N–C) groups is 1. The van der Waals surface area contributed by atoms with E-state index in [2.05, 4.69) is 20.7 Å². The molecular weight excluding hydrogens is 290 g/mol. The van der Waals surface area contributed by atoms with E-state index < -0.39 is 0 Å². The lowest BCUT2D eigenvalue weighted by atomic mass is 10.0. The number of aromatic nitrogens is 2. The monoisotopic (exact) mass is 315 g/mol. The van der Waals surface area contributed by atoms with E-state index in [1.807, 2.05) is 47.3 Å². The molecule has 124 valence electrons. The van der Waals surface area contributed by atoms with E-state index in [1.54, 1.807) is 13.2 Å². The molecule has 0 aliphatic rings. The molecule has 1 aromatic heterocycles. The van der Waals surface area contributed by atoms with Gasteiger partial charge in [-0.25, -0.2) is 0 Å². The van der Waals surface area contributed by atoms with Crippen LogP contribution in [0.2, 0.25) is 0 Å². The first-order valence-electron chi connectivity index (χ1n) is 7.91. The molecule has 0 amide bonds. The van der Waals surface area contributed by atoms with Crippen molar-refractivity contribution in [2.45, 2.75) is 18.9 Å². The number of aryl methyl sites for hydroxylation is 1. The van der Waals surface area contributed by atoms with Gasteiger partial charge in [-0.1, -0.05) is 30.3 Å². The molecule has 0 saturated carbocycles. The van der Waals surface area contributed by atoms with E-state index >= 15 is 0 Å². The summed E-state index contributed by atoms with van der Waals surface area (Å²) < 4.78 is 1.91. The molecule has 2 aromatic rings. The fraction of sp³-hybridized carbons (Fsp3) is 0.412. The van der Waals surface area contributed by atoms with Gasteiger partial charge in [-0.2, -0.15) is 5.10 Å². The number of aliphatic hydroxyl groups excluding tert-OH is 1. The number of nitrogens with zero attached hydrogens (tertiary/aromatic N) is 3. The SMILES string of the molecule is CN=C(NCCCn1cccn1)NCC(CO)c1ccccc1. The third kappa shape index (κ3) is 5.75. The Morgan fingerprint density at radius 2 is 2.09 bits per heavy atom. The van der Waals surface area contributed by atoms with Crippen LogP contribution in [0.3, 0.4) is 0 Å². The Morgan fingerprint density at radius 3 is 2.74 bits per heavy atom. The molecule has 2 rings (SSSR count). The van der Waals surface area contributed by atoms with Crippen LogP contribution in [0.5, 0.6) is 0 Å². The van der Waals surface area contributed by atoms with Crippen LogP contribution in [-0.4, -0.2) is 47.6 Å². The highest BCUT2D eigenvalue weighted by Crippen LogP contribution is 2.13. The second kappa shape index (κ2) is 9.63. The molecule has 0 aliphatic heterocycles. The predicted octanol–water partition coefficient (Wildman–Crippen LogP) is 1.21. The van der Waals surface area contributed by atoms with Gasteiger partial charge in [0.25, 0.3) is 0 Å². The van der Waals surface area contributed by atoms with Gasteiger partial charge in [0, 0.05) is 45.0 Å². The summed E-state index contributed by atoms with van der Waals surface area (Å²) in [5.74, 6) is 0.804. The topological polar surface area (TPSA) is 74.5 Å². The van der Waals surface area contributed by atoms with Gasteiger partial charge in [0.2, 0.25) is 0 Å². The number of guanidine groups is 1. The molecule has 0 radical (unpaired) electrons. The minimum atomic E-state index is 0.0545. The van der Waals surface area contributed by atoms with E-state index in [0.29, 0.717) is 6.54 Å². The van der Waals surface area contributed by atoms with Gasteiger partial charge in [0.05, 0.1) is 6.61 Å². The van der Waals surface area contributed by atoms with Gasteiger partial charge in [0.1, 0.15) is 0 Å². The molecule has 23 heavy (non-hydrogen) atoms. The summed E-state index contributed by atoms with van der Waals surface area (Å²) in [6.45, 7) is 2.43. The number of hydrogen-bond donors (Lipinski definition) is 3. The van der Waals surface area contributed by atoms with Crippen LogP contribution in [0.15, 0.2) is 53.8 Å². The lowest BCUT2D eigenvalue weighted by Crippen LogP contribution is -2.40. The van der Waals surface area contributed by atoms with E-state index in [4.69, 9.17) is 0 Å². The quantitative estimate of drug-likeness (QED) is 0.389. The van der Waals surface area contributed by atoms with Crippen LogP contribution in [-0.2, 0) is 6.54 Å². The van der Waals surface area contributed by atoms with E-state index in [-0.39, 0.29) is 12.5 Å². The highest BCUT2D eigenvalue weighted by Gasteiger charge is 2.10. The van der Waals surface area contributed by atoms with Crippen molar-refractivity contribution >= 4 is 5.96 Å². The Kier molecular flexibility index (Phi) is 7.13. The Hall–Kier alpha value is -2.34. The number of rotatable bonds is 8. The summed E-state index contributed by atoms with van der Waals surface area (Å²) in [6, 6.07) is 11.9. The lowest BCUT2D eigenvalue weighted by molar-refractivity contribution is 0.265. The molecule has 6 nitrogen and oxygen atoms in total. The molecule has 1 aromatic carbocycles. The highest BCUT2D eigenvalue weighted by molar-refractivity contribution is 5.79. The average Bonchev–Trinajstić information content (AvgIpc) is 3.11. The summed E-state index contributed by atoms with van der Waals surface area (Å²) in [4.78, 5) is 4.21. The van der Waals surface area contributed by atoms with Crippen molar-refractivity contribution in [3.63, 3.8) is 0 Å². The summed E-state index contributed by atoms with van der Waals surface area (Å²) in [5.41, 5.74) is 1.12. The Bertz CT molecular complexity index is 568. The van der Waals surface area contributed by atoms with Crippen LogP contribution in [0.25, 0.3) is 0 Å². The molecule has 0 saturated heterocycles. The van der Waals surface area contributed by atoms with Crippen molar-refractivity contribution in [1.82, 2.24) is 20.4 Å². The summed E-state index contributed by atoms with van der Waals surface area (Å²) in [5, 5.41) is 20.3. The van der Waals surface area contributed by atoms with Gasteiger partial charge in [0.15, 0.2) is 5.96 Å². The molecule has 6 heteroatoms.